The number of hydrogen-bond acceptors (Lipinski definition) is 3. The first-order chi connectivity index (χ1) is 16.8. The molecule has 0 saturated carbocycles. The third-order valence-corrected chi connectivity index (χ3v) is 11.2. The molecule has 4 aromatic carbocycles. The van der Waals surface area contributed by atoms with Crippen molar-refractivity contribution >= 4 is 30.3 Å². The number of carbonyl (C=O) groups is 1. The molecule has 0 aliphatic heterocycles. The van der Waals surface area contributed by atoms with Crippen LogP contribution in [0.1, 0.15) is 36.7 Å². The van der Waals surface area contributed by atoms with Gasteiger partial charge in [0.1, 0.15) is 5.75 Å². The number of carbonyl (C=O) groups excluding carboxylic acids is 1. The van der Waals surface area contributed by atoms with Crippen LogP contribution in [0.4, 0.5) is 5.69 Å². The van der Waals surface area contributed by atoms with E-state index >= 15 is 0 Å². The van der Waals surface area contributed by atoms with Crippen molar-refractivity contribution in [3.8, 4) is 5.75 Å². The fourth-order valence-corrected chi connectivity index (χ4v) is 9.08. The highest BCUT2D eigenvalue weighted by atomic mass is 28.4. The Hall–Kier alpha value is -3.67. The summed E-state index contributed by atoms with van der Waals surface area (Å²) in [5, 5.41) is 15.4. The van der Waals surface area contributed by atoms with E-state index in [1.54, 1.807) is 30.3 Å². The predicted molar refractivity (Wildman–Crippen MR) is 145 cm³/mol. The average Bonchev–Trinajstić information content (AvgIpc) is 2.87. The van der Waals surface area contributed by atoms with Gasteiger partial charge in [0.05, 0.1) is 6.61 Å². The lowest BCUT2D eigenvalue weighted by Gasteiger charge is -2.43. The summed E-state index contributed by atoms with van der Waals surface area (Å²) in [5.74, 6) is -0.0771. The molecule has 0 unspecified atom stereocenters. The van der Waals surface area contributed by atoms with Gasteiger partial charge < -0.3 is 14.8 Å². The first kappa shape index (κ1) is 24.5. The van der Waals surface area contributed by atoms with Crippen LogP contribution in [0.5, 0.6) is 5.75 Å². The molecule has 0 aromatic heterocycles. The highest BCUT2D eigenvalue weighted by Gasteiger charge is 2.50. The number of nitrogens with one attached hydrogen (secondary N) is 1. The number of amides is 1. The first-order valence-corrected chi connectivity index (χ1v) is 13.7. The van der Waals surface area contributed by atoms with Crippen LogP contribution in [0.25, 0.3) is 0 Å². The number of hydrogen-bond donors (Lipinski definition) is 2. The number of anilines is 1. The molecule has 1 amide bonds. The fraction of sp³-hybridized carbons (Fsp3) is 0.167. The van der Waals surface area contributed by atoms with Crippen LogP contribution in [0, 0.1) is 0 Å². The molecular weight excluding hydrogens is 450 g/mol. The second-order valence-corrected chi connectivity index (χ2v) is 13.9. The Labute approximate surface area is 208 Å². The molecule has 0 saturated heterocycles. The molecule has 0 heterocycles. The number of phenolic OH excluding ortho intramolecular Hbond substituents is 1. The lowest BCUT2D eigenvalue weighted by Crippen LogP contribution is -2.66. The van der Waals surface area contributed by atoms with E-state index < -0.39 is 8.32 Å². The van der Waals surface area contributed by atoms with Gasteiger partial charge in [-0.3, -0.25) is 4.79 Å². The second-order valence-electron chi connectivity index (χ2n) is 9.61. The molecule has 5 heteroatoms. The normalized spacial score (nSPS) is 11.7. The van der Waals surface area contributed by atoms with E-state index in [-0.39, 0.29) is 23.3 Å². The highest BCUT2D eigenvalue weighted by Crippen LogP contribution is 2.38. The number of rotatable bonds is 7. The quantitative estimate of drug-likeness (QED) is 0.262. The van der Waals surface area contributed by atoms with Crippen molar-refractivity contribution < 1.29 is 14.3 Å². The van der Waals surface area contributed by atoms with Gasteiger partial charge in [0.15, 0.2) is 0 Å². The van der Waals surface area contributed by atoms with Gasteiger partial charge in [-0.1, -0.05) is 99.6 Å². The Morgan fingerprint density at radius 3 is 1.83 bits per heavy atom. The number of benzene rings is 4. The molecule has 0 radical (unpaired) electrons. The van der Waals surface area contributed by atoms with Gasteiger partial charge in [0.2, 0.25) is 0 Å². The summed E-state index contributed by atoms with van der Waals surface area (Å²) in [7, 11) is -2.77. The lowest BCUT2D eigenvalue weighted by atomic mass is 10.1. The van der Waals surface area contributed by atoms with Crippen molar-refractivity contribution in [1.82, 2.24) is 0 Å². The first-order valence-electron chi connectivity index (χ1n) is 11.7. The lowest BCUT2D eigenvalue weighted by molar-refractivity contribution is 0.102. The van der Waals surface area contributed by atoms with Gasteiger partial charge in [-0.2, -0.15) is 0 Å². The third kappa shape index (κ3) is 5.21. The molecule has 0 bridgehead atoms. The van der Waals surface area contributed by atoms with Gasteiger partial charge in [0.25, 0.3) is 14.2 Å². The van der Waals surface area contributed by atoms with Crippen molar-refractivity contribution in [2.45, 2.75) is 32.4 Å². The van der Waals surface area contributed by atoms with Crippen LogP contribution in [-0.4, -0.2) is 19.3 Å². The van der Waals surface area contributed by atoms with Gasteiger partial charge in [-0.05, 0) is 45.7 Å². The minimum absolute atomic E-state index is 0.128. The van der Waals surface area contributed by atoms with Crippen molar-refractivity contribution in [1.29, 1.82) is 0 Å². The minimum Gasteiger partial charge on any atom is -0.508 e. The van der Waals surface area contributed by atoms with Gasteiger partial charge in [-0.25, -0.2) is 0 Å². The molecule has 0 fully saturated rings. The van der Waals surface area contributed by atoms with Gasteiger partial charge in [0, 0.05) is 16.8 Å². The third-order valence-electron chi connectivity index (χ3n) is 6.23. The van der Waals surface area contributed by atoms with E-state index in [1.807, 2.05) is 30.3 Å². The summed E-state index contributed by atoms with van der Waals surface area (Å²) >= 11 is 0. The van der Waals surface area contributed by atoms with Crippen LogP contribution in [0.3, 0.4) is 0 Å². The van der Waals surface area contributed by atoms with Crippen LogP contribution >= 0.6 is 0 Å². The summed E-state index contributed by atoms with van der Waals surface area (Å²) in [6, 6.07) is 34.9. The van der Waals surface area contributed by atoms with Crippen LogP contribution < -0.4 is 15.7 Å². The zero-order valence-corrected chi connectivity index (χ0v) is 21.4. The Morgan fingerprint density at radius 2 is 1.31 bits per heavy atom. The topological polar surface area (TPSA) is 58.6 Å². The molecule has 4 rings (SSSR count). The maximum absolute atomic E-state index is 12.8. The number of phenols is 1. The summed E-state index contributed by atoms with van der Waals surface area (Å²) in [6.07, 6.45) is 0. The Balaban J connectivity index is 1.74. The Bertz CT molecular complexity index is 1230. The van der Waals surface area contributed by atoms with Crippen LogP contribution in [0.15, 0.2) is 109 Å². The van der Waals surface area contributed by atoms with Crippen molar-refractivity contribution in [3.63, 3.8) is 0 Å². The Morgan fingerprint density at radius 1 is 0.800 bits per heavy atom. The standard InChI is InChI=1S/C30H31NO3Si/c1-30(2,3)35(26-15-9-5-10-16-26,27-17-11-6-12-18-27)34-22-24-21-25(32)19-20-28(24)31-29(33)23-13-7-4-8-14-23/h4-21,32H,22H2,1-3H3,(H,31,33). The van der Waals surface area contributed by atoms with Crippen LogP contribution in [-0.2, 0) is 11.0 Å². The van der Waals surface area contributed by atoms with E-state index in [2.05, 4.69) is 74.6 Å². The van der Waals surface area contributed by atoms with Crippen molar-refractivity contribution in [3.05, 3.63) is 120 Å². The van der Waals surface area contributed by atoms with Crippen molar-refractivity contribution in [2.24, 2.45) is 0 Å². The molecule has 0 spiro atoms. The summed E-state index contributed by atoms with van der Waals surface area (Å²) in [6.45, 7) is 6.91. The molecule has 4 aromatic rings. The predicted octanol–water partition coefficient (Wildman–Crippen LogP) is 5.72. The maximum Gasteiger partial charge on any atom is 0.261 e. The molecule has 0 aliphatic rings. The molecule has 178 valence electrons. The average molecular weight is 482 g/mol. The van der Waals surface area contributed by atoms with Crippen molar-refractivity contribution in [2.75, 3.05) is 5.32 Å². The number of aromatic hydroxyl groups is 1. The molecule has 2 N–H and O–H groups in total. The maximum atomic E-state index is 12.8. The zero-order chi connectivity index (χ0) is 24.9. The SMILES string of the molecule is CC(C)(C)[Si](OCc1cc(O)ccc1NC(=O)c1ccccc1)(c1ccccc1)c1ccccc1. The largest absolute Gasteiger partial charge is 0.508 e. The molecular formula is C30H31NO3Si. The second kappa shape index (κ2) is 10.3. The fourth-order valence-electron chi connectivity index (χ4n) is 4.55. The van der Waals surface area contributed by atoms with E-state index in [4.69, 9.17) is 4.43 Å². The monoisotopic (exact) mass is 481 g/mol. The zero-order valence-electron chi connectivity index (χ0n) is 20.4. The smallest absolute Gasteiger partial charge is 0.261 e. The van der Waals surface area contributed by atoms with E-state index in [9.17, 15) is 9.90 Å². The summed E-state index contributed by atoms with van der Waals surface area (Å²) in [4.78, 5) is 12.8. The molecule has 0 atom stereocenters. The molecule has 35 heavy (non-hydrogen) atoms. The summed E-state index contributed by atoms with van der Waals surface area (Å²) < 4.78 is 7.01. The van der Waals surface area contributed by atoms with E-state index in [0.29, 0.717) is 11.3 Å². The summed E-state index contributed by atoms with van der Waals surface area (Å²) in [5.41, 5.74) is 1.91. The van der Waals surface area contributed by atoms with Crippen LogP contribution in [0.2, 0.25) is 5.04 Å². The minimum atomic E-state index is -2.77. The molecule has 4 nitrogen and oxygen atoms in total. The Kier molecular flexibility index (Phi) is 7.19. The molecule has 0 aliphatic carbocycles. The van der Waals surface area contributed by atoms with E-state index in [1.165, 1.54) is 10.4 Å². The highest BCUT2D eigenvalue weighted by molar-refractivity contribution is 6.99. The van der Waals surface area contributed by atoms with Gasteiger partial charge >= 0.3 is 0 Å². The van der Waals surface area contributed by atoms with Gasteiger partial charge in [-0.15, -0.1) is 0 Å². The van der Waals surface area contributed by atoms with E-state index in [0.717, 1.165) is 5.56 Å².